The highest BCUT2D eigenvalue weighted by atomic mass is 16.5. The van der Waals surface area contributed by atoms with Crippen molar-refractivity contribution in [2.24, 2.45) is 0 Å². The maximum absolute atomic E-state index is 5.10. The van der Waals surface area contributed by atoms with E-state index in [9.17, 15) is 0 Å². The third-order valence-corrected chi connectivity index (χ3v) is 2.72. The van der Waals surface area contributed by atoms with E-state index in [1.807, 2.05) is 18.9 Å². The first kappa shape index (κ1) is 13.3. The summed E-state index contributed by atoms with van der Waals surface area (Å²) in [6.07, 6.45) is 1.69. The van der Waals surface area contributed by atoms with E-state index < -0.39 is 0 Å². The number of hydrogen-bond acceptors (Lipinski definition) is 5. The summed E-state index contributed by atoms with van der Waals surface area (Å²) in [5.41, 5.74) is 3.24. The van der Waals surface area contributed by atoms with E-state index in [1.54, 1.807) is 19.4 Å². The molecular formula is C14H18N4O. The number of nitrogens with zero attached hydrogens (tertiary/aromatic N) is 4. The largest absolute Gasteiger partial charge is 0.481 e. The molecule has 0 aliphatic rings. The normalized spacial score (nSPS) is 10.3. The fourth-order valence-electron chi connectivity index (χ4n) is 1.95. The van der Waals surface area contributed by atoms with Gasteiger partial charge in [-0.05, 0) is 31.5 Å². The lowest BCUT2D eigenvalue weighted by Crippen LogP contribution is -2.20. The average molecular weight is 258 g/mol. The molecule has 0 atom stereocenters. The van der Waals surface area contributed by atoms with Crippen LogP contribution in [0.5, 0.6) is 5.88 Å². The Hall–Kier alpha value is -2.17. The highest BCUT2D eigenvalue weighted by molar-refractivity contribution is 5.32. The Morgan fingerprint density at radius 1 is 1.21 bits per heavy atom. The Morgan fingerprint density at radius 2 is 2.00 bits per heavy atom. The molecule has 19 heavy (non-hydrogen) atoms. The van der Waals surface area contributed by atoms with Gasteiger partial charge in [0.1, 0.15) is 0 Å². The zero-order valence-corrected chi connectivity index (χ0v) is 11.7. The minimum absolute atomic E-state index is 0.560. The standard InChI is InChI=1S/C14H18N4O/c1-10-7-11(2)16-12(8-10)9-18(3)14-15-6-5-13(17-14)19-4/h5-8H,9H2,1-4H3. The van der Waals surface area contributed by atoms with Crippen molar-refractivity contribution in [3.63, 3.8) is 0 Å². The van der Waals surface area contributed by atoms with Crippen molar-refractivity contribution < 1.29 is 4.74 Å². The molecule has 0 N–H and O–H groups in total. The molecule has 2 heterocycles. The second-order valence-corrected chi connectivity index (χ2v) is 4.53. The second kappa shape index (κ2) is 5.65. The Balaban J connectivity index is 2.17. The van der Waals surface area contributed by atoms with Gasteiger partial charge in [0.15, 0.2) is 0 Å². The van der Waals surface area contributed by atoms with E-state index in [0.717, 1.165) is 11.4 Å². The monoisotopic (exact) mass is 258 g/mol. The topological polar surface area (TPSA) is 51.1 Å². The van der Waals surface area contributed by atoms with Crippen LogP contribution in [-0.2, 0) is 6.54 Å². The van der Waals surface area contributed by atoms with Gasteiger partial charge in [-0.25, -0.2) is 4.98 Å². The van der Waals surface area contributed by atoms with Gasteiger partial charge < -0.3 is 9.64 Å². The molecule has 0 amide bonds. The van der Waals surface area contributed by atoms with Gasteiger partial charge in [0, 0.05) is 25.0 Å². The first-order valence-electron chi connectivity index (χ1n) is 6.11. The number of aromatic nitrogens is 3. The highest BCUT2D eigenvalue weighted by Gasteiger charge is 2.08. The van der Waals surface area contributed by atoms with Crippen molar-refractivity contribution >= 4 is 5.95 Å². The quantitative estimate of drug-likeness (QED) is 0.841. The van der Waals surface area contributed by atoms with Crippen LogP contribution in [0.25, 0.3) is 0 Å². The molecule has 0 saturated carbocycles. The van der Waals surface area contributed by atoms with Crippen molar-refractivity contribution in [2.75, 3.05) is 19.1 Å². The fourth-order valence-corrected chi connectivity index (χ4v) is 1.95. The lowest BCUT2D eigenvalue weighted by Gasteiger charge is -2.17. The predicted molar refractivity (Wildman–Crippen MR) is 74.4 cm³/mol. The van der Waals surface area contributed by atoms with E-state index >= 15 is 0 Å². The smallest absolute Gasteiger partial charge is 0.228 e. The van der Waals surface area contributed by atoms with E-state index in [2.05, 4.69) is 34.0 Å². The molecule has 2 aromatic rings. The third kappa shape index (κ3) is 3.40. The zero-order valence-electron chi connectivity index (χ0n) is 11.7. The Kier molecular flexibility index (Phi) is 3.94. The summed E-state index contributed by atoms with van der Waals surface area (Å²) in [6, 6.07) is 5.86. The minimum atomic E-state index is 0.560. The zero-order chi connectivity index (χ0) is 13.8. The molecule has 0 radical (unpaired) electrons. The summed E-state index contributed by atoms with van der Waals surface area (Å²) < 4.78 is 5.10. The summed E-state index contributed by atoms with van der Waals surface area (Å²) in [5, 5.41) is 0. The summed E-state index contributed by atoms with van der Waals surface area (Å²) in [5.74, 6) is 1.19. The van der Waals surface area contributed by atoms with Gasteiger partial charge in [0.05, 0.1) is 19.3 Å². The molecule has 0 aliphatic heterocycles. The molecule has 5 nitrogen and oxygen atoms in total. The van der Waals surface area contributed by atoms with E-state index in [0.29, 0.717) is 18.4 Å². The van der Waals surface area contributed by atoms with Crippen LogP contribution in [0.15, 0.2) is 24.4 Å². The van der Waals surface area contributed by atoms with Crippen molar-refractivity contribution in [1.29, 1.82) is 0 Å². The molecule has 0 aromatic carbocycles. The van der Waals surface area contributed by atoms with Gasteiger partial charge in [-0.2, -0.15) is 4.98 Å². The number of rotatable bonds is 4. The predicted octanol–water partition coefficient (Wildman–Crippen LogP) is 2.13. The van der Waals surface area contributed by atoms with Gasteiger partial charge in [-0.3, -0.25) is 4.98 Å². The molecule has 0 saturated heterocycles. The highest BCUT2D eigenvalue weighted by Crippen LogP contribution is 2.13. The number of hydrogen-bond donors (Lipinski definition) is 0. The first-order valence-corrected chi connectivity index (χ1v) is 6.11. The van der Waals surface area contributed by atoms with Crippen LogP contribution in [0.4, 0.5) is 5.95 Å². The van der Waals surface area contributed by atoms with Crippen molar-refractivity contribution in [2.45, 2.75) is 20.4 Å². The molecular weight excluding hydrogens is 240 g/mol. The molecule has 0 spiro atoms. The van der Waals surface area contributed by atoms with Crippen LogP contribution >= 0.6 is 0 Å². The van der Waals surface area contributed by atoms with Gasteiger partial charge in [0.25, 0.3) is 0 Å². The number of ether oxygens (including phenoxy) is 1. The fraction of sp³-hybridized carbons (Fsp3) is 0.357. The summed E-state index contributed by atoms with van der Waals surface area (Å²) in [6.45, 7) is 4.73. The van der Waals surface area contributed by atoms with E-state index in [-0.39, 0.29) is 0 Å². The Morgan fingerprint density at radius 3 is 2.68 bits per heavy atom. The van der Waals surface area contributed by atoms with Crippen molar-refractivity contribution in [3.8, 4) is 5.88 Å². The molecule has 2 rings (SSSR count). The third-order valence-electron chi connectivity index (χ3n) is 2.72. The average Bonchev–Trinajstić information content (AvgIpc) is 2.37. The van der Waals surface area contributed by atoms with Crippen LogP contribution in [-0.4, -0.2) is 29.1 Å². The lowest BCUT2D eigenvalue weighted by molar-refractivity contribution is 0.397. The van der Waals surface area contributed by atoms with Gasteiger partial charge in [0.2, 0.25) is 11.8 Å². The Bertz CT molecular complexity index is 551. The van der Waals surface area contributed by atoms with Crippen molar-refractivity contribution in [3.05, 3.63) is 41.3 Å². The van der Waals surface area contributed by atoms with Crippen molar-refractivity contribution in [1.82, 2.24) is 15.0 Å². The van der Waals surface area contributed by atoms with E-state index in [4.69, 9.17) is 4.74 Å². The van der Waals surface area contributed by atoms with Crippen LogP contribution in [0.2, 0.25) is 0 Å². The maximum Gasteiger partial charge on any atom is 0.228 e. The van der Waals surface area contributed by atoms with E-state index in [1.165, 1.54) is 5.56 Å². The summed E-state index contributed by atoms with van der Waals surface area (Å²) in [7, 11) is 3.53. The van der Waals surface area contributed by atoms with Gasteiger partial charge in [-0.1, -0.05) is 0 Å². The number of anilines is 1. The minimum Gasteiger partial charge on any atom is -0.481 e. The van der Waals surface area contributed by atoms with Gasteiger partial charge in [-0.15, -0.1) is 0 Å². The molecule has 2 aromatic heterocycles. The molecule has 5 heteroatoms. The number of aryl methyl sites for hydroxylation is 2. The maximum atomic E-state index is 5.10. The number of pyridine rings is 1. The van der Waals surface area contributed by atoms with Crippen LogP contribution in [0, 0.1) is 13.8 Å². The second-order valence-electron chi connectivity index (χ2n) is 4.53. The van der Waals surface area contributed by atoms with Crippen LogP contribution in [0.1, 0.15) is 17.0 Å². The molecule has 100 valence electrons. The number of methoxy groups -OCH3 is 1. The van der Waals surface area contributed by atoms with Crippen LogP contribution < -0.4 is 9.64 Å². The summed E-state index contributed by atoms with van der Waals surface area (Å²) >= 11 is 0. The SMILES string of the molecule is COc1ccnc(N(C)Cc2cc(C)cc(C)n2)n1. The molecule has 0 bridgehead atoms. The van der Waals surface area contributed by atoms with Crippen LogP contribution in [0.3, 0.4) is 0 Å². The van der Waals surface area contributed by atoms with Gasteiger partial charge >= 0.3 is 0 Å². The Labute approximate surface area is 113 Å². The molecule has 0 unspecified atom stereocenters. The molecule has 0 fully saturated rings. The molecule has 0 aliphatic carbocycles. The first-order chi connectivity index (χ1) is 9.08. The lowest BCUT2D eigenvalue weighted by atomic mass is 10.2. The summed E-state index contributed by atoms with van der Waals surface area (Å²) in [4.78, 5) is 15.0.